The van der Waals surface area contributed by atoms with Crippen molar-refractivity contribution in [1.82, 2.24) is 10.6 Å². The summed E-state index contributed by atoms with van der Waals surface area (Å²) in [7, 11) is 0. The number of carboxylic acid groups (broad SMARTS) is 1. The summed E-state index contributed by atoms with van der Waals surface area (Å²) in [6.45, 7) is 1.89. The van der Waals surface area contributed by atoms with Crippen molar-refractivity contribution in [2.45, 2.75) is 25.3 Å². The quantitative estimate of drug-likeness (QED) is 0.609. The number of thiophene rings is 1. The van der Waals surface area contributed by atoms with Crippen LogP contribution in [0.15, 0.2) is 17.5 Å². The predicted octanol–water partition coefficient (Wildman–Crippen LogP) is 1.99. The van der Waals surface area contributed by atoms with E-state index < -0.39 is 18.0 Å². The standard InChI is InChI=1S/C14H20N2O4S/c17-13(18)12(11-3-1-8-21-11)16-14(19)15-6-2-7-20-9-10-4-5-10/h1,3,8,10,12H,2,4-7,9H2,(H,17,18)(H2,15,16,19). The van der Waals surface area contributed by atoms with E-state index in [0.717, 1.165) is 18.9 Å². The topological polar surface area (TPSA) is 87.7 Å². The number of rotatable bonds is 9. The molecule has 1 fully saturated rings. The molecular formula is C14H20N2O4S. The van der Waals surface area contributed by atoms with Gasteiger partial charge in [0.05, 0.1) is 0 Å². The molecule has 0 radical (unpaired) electrons. The Hall–Kier alpha value is -1.60. The van der Waals surface area contributed by atoms with Gasteiger partial charge in [-0.2, -0.15) is 0 Å². The largest absolute Gasteiger partial charge is 0.479 e. The highest BCUT2D eigenvalue weighted by Gasteiger charge is 2.23. The molecule has 1 aliphatic carbocycles. The van der Waals surface area contributed by atoms with E-state index in [0.29, 0.717) is 18.0 Å². The Balaban J connectivity index is 1.61. The van der Waals surface area contributed by atoms with Gasteiger partial charge in [0.15, 0.2) is 6.04 Å². The van der Waals surface area contributed by atoms with Crippen LogP contribution in [0, 0.1) is 5.92 Å². The fraction of sp³-hybridized carbons (Fsp3) is 0.571. The smallest absolute Gasteiger partial charge is 0.331 e. The molecular weight excluding hydrogens is 292 g/mol. The molecule has 21 heavy (non-hydrogen) atoms. The Labute approximate surface area is 127 Å². The molecule has 0 aliphatic heterocycles. The number of hydrogen-bond acceptors (Lipinski definition) is 4. The van der Waals surface area contributed by atoms with E-state index in [1.165, 1.54) is 24.2 Å². The van der Waals surface area contributed by atoms with E-state index in [1.54, 1.807) is 17.5 Å². The van der Waals surface area contributed by atoms with E-state index in [4.69, 9.17) is 9.84 Å². The fourth-order valence-corrected chi connectivity index (χ4v) is 2.57. The van der Waals surface area contributed by atoms with Crippen molar-refractivity contribution >= 4 is 23.3 Å². The lowest BCUT2D eigenvalue weighted by Gasteiger charge is -2.13. The molecule has 1 atom stereocenters. The molecule has 1 aromatic rings. The number of amides is 2. The molecule has 0 bridgehead atoms. The lowest BCUT2D eigenvalue weighted by Crippen LogP contribution is -2.41. The molecule has 1 saturated carbocycles. The van der Waals surface area contributed by atoms with Crippen LogP contribution in [0.4, 0.5) is 4.79 Å². The van der Waals surface area contributed by atoms with Crippen molar-refractivity contribution in [2.75, 3.05) is 19.8 Å². The molecule has 1 aliphatic rings. The Bertz CT molecular complexity index is 460. The van der Waals surface area contributed by atoms with E-state index in [-0.39, 0.29) is 0 Å². The zero-order valence-corrected chi connectivity index (χ0v) is 12.5. The minimum Gasteiger partial charge on any atom is -0.479 e. The number of carboxylic acids is 1. The normalized spacial score (nSPS) is 15.4. The third-order valence-corrected chi connectivity index (χ3v) is 4.09. The van der Waals surface area contributed by atoms with Crippen LogP contribution in [-0.4, -0.2) is 36.9 Å². The van der Waals surface area contributed by atoms with Crippen molar-refractivity contribution in [3.05, 3.63) is 22.4 Å². The van der Waals surface area contributed by atoms with Crippen LogP contribution in [-0.2, 0) is 9.53 Å². The van der Waals surface area contributed by atoms with Crippen LogP contribution in [0.3, 0.4) is 0 Å². The first-order valence-electron chi connectivity index (χ1n) is 7.05. The van der Waals surface area contributed by atoms with Crippen LogP contribution < -0.4 is 10.6 Å². The number of hydrogen-bond donors (Lipinski definition) is 3. The highest BCUT2D eigenvalue weighted by molar-refractivity contribution is 7.10. The Morgan fingerprint density at radius 1 is 1.48 bits per heavy atom. The minimum atomic E-state index is -1.07. The maximum absolute atomic E-state index is 11.7. The molecule has 2 amide bonds. The number of ether oxygens (including phenoxy) is 1. The van der Waals surface area contributed by atoms with Crippen LogP contribution in [0.2, 0.25) is 0 Å². The molecule has 0 spiro atoms. The van der Waals surface area contributed by atoms with Crippen molar-refractivity contribution in [3.8, 4) is 0 Å². The summed E-state index contributed by atoms with van der Waals surface area (Å²) in [6, 6.07) is 1.97. The van der Waals surface area contributed by atoms with Crippen molar-refractivity contribution in [3.63, 3.8) is 0 Å². The summed E-state index contributed by atoms with van der Waals surface area (Å²) in [5, 5.41) is 16.0. The number of urea groups is 1. The number of aliphatic carboxylic acids is 1. The molecule has 0 aromatic carbocycles. The van der Waals surface area contributed by atoms with Gasteiger partial charge in [0.25, 0.3) is 0 Å². The molecule has 0 saturated heterocycles. The van der Waals surface area contributed by atoms with E-state index in [1.807, 2.05) is 0 Å². The second-order valence-corrected chi connectivity index (χ2v) is 6.04. The first-order chi connectivity index (χ1) is 10.2. The highest BCUT2D eigenvalue weighted by atomic mass is 32.1. The molecule has 116 valence electrons. The first kappa shape index (κ1) is 15.8. The summed E-state index contributed by atoms with van der Waals surface area (Å²) < 4.78 is 5.45. The molecule has 3 N–H and O–H groups in total. The Morgan fingerprint density at radius 2 is 2.29 bits per heavy atom. The molecule has 2 rings (SSSR count). The van der Waals surface area contributed by atoms with Gasteiger partial charge in [-0.05, 0) is 36.6 Å². The van der Waals surface area contributed by atoms with Crippen molar-refractivity contribution < 1.29 is 19.4 Å². The predicted molar refractivity (Wildman–Crippen MR) is 79.4 cm³/mol. The summed E-state index contributed by atoms with van der Waals surface area (Å²) in [4.78, 5) is 23.4. The monoisotopic (exact) mass is 312 g/mol. The third kappa shape index (κ3) is 5.73. The average molecular weight is 312 g/mol. The zero-order valence-electron chi connectivity index (χ0n) is 11.7. The lowest BCUT2D eigenvalue weighted by molar-refractivity contribution is -0.139. The van der Waals surface area contributed by atoms with Gasteiger partial charge in [-0.15, -0.1) is 11.3 Å². The number of nitrogens with one attached hydrogen (secondary N) is 2. The van der Waals surface area contributed by atoms with Gasteiger partial charge < -0.3 is 20.5 Å². The number of carbonyl (C=O) groups is 2. The molecule has 1 unspecified atom stereocenters. The summed E-state index contributed by atoms with van der Waals surface area (Å²) in [6.07, 6.45) is 3.25. The summed E-state index contributed by atoms with van der Waals surface area (Å²) in [5.41, 5.74) is 0. The Morgan fingerprint density at radius 3 is 2.90 bits per heavy atom. The van der Waals surface area contributed by atoms with Gasteiger partial charge in [-0.3, -0.25) is 0 Å². The van der Waals surface area contributed by atoms with Crippen molar-refractivity contribution in [1.29, 1.82) is 0 Å². The molecule has 7 heteroatoms. The van der Waals surface area contributed by atoms with E-state index in [9.17, 15) is 9.59 Å². The van der Waals surface area contributed by atoms with E-state index in [2.05, 4.69) is 10.6 Å². The second kappa shape index (κ2) is 7.99. The summed E-state index contributed by atoms with van der Waals surface area (Å²) >= 11 is 1.30. The number of carbonyl (C=O) groups excluding carboxylic acids is 1. The average Bonchev–Trinajstić information content (AvgIpc) is 3.11. The second-order valence-electron chi connectivity index (χ2n) is 5.06. The minimum absolute atomic E-state index is 0.466. The van der Waals surface area contributed by atoms with E-state index >= 15 is 0 Å². The Kier molecular flexibility index (Phi) is 6.01. The van der Waals surface area contributed by atoms with Crippen LogP contribution >= 0.6 is 11.3 Å². The van der Waals surface area contributed by atoms with Gasteiger partial charge >= 0.3 is 12.0 Å². The van der Waals surface area contributed by atoms with Gasteiger partial charge in [0.1, 0.15) is 0 Å². The zero-order chi connectivity index (χ0) is 15.1. The maximum atomic E-state index is 11.7. The van der Waals surface area contributed by atoms with Crippen LogP contribution in [0.25, 0.3) is 0 Å². The van der Waals surface area contributed by atoms with Crippen molar-refractivity contribution in [2.24, 2.45) is 5.92 Å². The lowest BCUT2D eigenvalue weighted by atomic mass is 10.2. The van der Waals surface area contributed by atoms with Gasteiger partial charge in [-0.25, -0.2) is 9.59 Å². The van der Waals surface area contributed by atoms with Gasteiger partial charge in [0.2, 0.25) is 0 Å². The SMILES string of the molecule is O=C(NCCCOCC1CC1)NC(C(=O)O)c1cccs1. The first-order valence-corrected chi connectivity index (χ1v) is 7.93. The maximum Gasteiger partial charge on any atom is 0.331 e. The summed E-state index contributed by atoms with van der Waals surface area (Å²) in [5.74, 6) is -0.330. The molecule has 1 heterocycles. The van der Waals surface area contributed by atoms with Gasteiger partial charge in [0, 0.05) is 24.6 Å². The third-order valence-electron chi connectivity index (χ3n) is 3.15. The van der Waals surface area contributed by atoms with Crippen LogP contribution in [0.1, 0.15) is 30.2 Å². The fourth-order valence-electron chi connectivity index (χ4n) is 1.80. The van der Waals surface area contributed by atoms with Crippen LogP contribution in [0.5, 0.6) is 0 Å². The van der Waals surface area contributed by atoms with Gasteiger partial charge in [-0.1, -0.05) is 6.07 Å². The highest BCUT2D eigenvalue weighted by Crippen LogP contribution is 2.28. The molecule has 6 nitrogen and oxygen atoms in total. The molecule has 1 aromatic heterocycles.